The fourth-order valence-electron chi connectivity index (χ4n) is 9.87. The van der Waals surface area contributed by atoms with Crippen LogP contribution >= 0.6 is 0 Å². The Hall–Kier alpha value is -7.42. The van der Waals surface area contributed by atoms with Gasteiger partial charge in [0.15, 0.2) is 0 Å². The van der Waals surface area contributed by atoms with Crippen molar-refractivity contribution in [3.8, 4) is 44.5 Å². The first kappa shape index (κ1) is 31.9. The van der Waals surface area contributed by atoms with Crippen LogP contribution in [0.25, 0.3) is 66.4 Å². The van der Waals surface area contributed by atoms with Gasteiger partial charge in [-0.3, -0.25) is 0 Å². The molecule has 10 aromatic rings. The summed E-state index contributed by atoms with van der Waals surface area (Å²) in [5.41, 5.74) is 19.8. The highest BCUT2D eigenvalue weighted by Crippen LogP contribution is 2.63. The lowest BCUT2D eigenvalue weighted by atomic mass is 9.70. The molecule has 2 nitrogen and oxygen atoms in total. The van der Waals surface area contributed by atoms with Gasteiger partial charge in [0.2, 0.25) is 0 Å². The second kappa shape index (κ2) is 12.3. The van der Waals surface area contributed by atoms with Crippen LogP contribution in [0.1, 0.15) is 22.3 Å². The number of hydrogen-bond acceptors (Lipinski definition) is 2. The van der Waals surface area contributed by atoms with Gasteiger partial charge in [-0.05, 0) is 110 Å². The predicted octanol–water partition coefficient (Wildman–Crippen LogP) is 14.7. The van der Waals surface area contributed by atoms with Gasteiger partial charge in [-0.25, -0.2) is 0 Å². The second-order valence-corrected chi connectivity index (χ2v) is 15.2. The molecule has 1 unspecified atom stereocenters. The van der Waals surface area contributed by atoms with Crippen molar-refractivity contribution in [2.75, 3.05) is 4.90 Å². The first-order valence-corrected chi connectivity index (χ1v) is 19.7. The molecular weight excluding hydrogens is 691 g/mol. The van der Waals surface area contributed by atoms with Crippen molar-refractivity contribution in [1.82, 2.24) is 0 Å². The van der Waals surface area contributed by atoms with Crippen LogP contribution in [-0.4, -0.2) is 0 Å². The molecule has 2 heteroatoms. The summed E-state index contributed by atoms with van der Waals surface area (Å²) in [6.45, 7) is 0. The minimum absolute atomic E-state index is 0.476. The van der Waals surface area contributed by atoms with E-state index in [-0.39, 0.29) is 0 Å². The van der Waals surface area contributed by atoms with Gasteiger partial charge >= 0.3 is 0 Å². The molecule has 2 aliphatic carbocycles. The van der Waals surface area contributed by atoms with Crippen LogP contribution in [0, 0.1) is 0 Å². The van der Waals surface area contributed by atoms with Gasteiger partial charge in [0, 0.05) is 33.4 Å². The molecule has 0 radical (unpaired) electrons. The smallest absolute Gasteiger partial charge is 0.143 e. The summed E-state index contributed by atoms with van der Waals surface area (Å²) in [6.07, 6.45) is 0. The first-order valence-electron chi connectivity index (χ1n) is 19.7. The van der Waals surface area contributed by atoms with Crippen molar-refractivity contribution in [2.24, 2.45) is 0 Å². The molecule has 9 aromatic carbocycles. The summed E-state index contributed by atoms with van der Waals surface area (Å²) >= 11 is 0. The third kappa shape index (κ3) is 4.59. The molecule has 0 saturated carbocycles. The number of para-hydroxylation sites is 3. The summed E-state index contributed by atoms with van der Waals surface area (Å²) in [5, 5.41) is 2.28. The Morgan fingerprint density at radius 3 is 1.60 bits per heavy atom. The van der Waals surface area contributed by atoms with E-state index in [1.54, 1.807) is 0 Å². The van der Waals surface area contributed by atoms with Gasteiger partial charge in [0.05, 0.1) is 5.41 Å². The van der Waals surface area contributed by atoms with Crippen molar-refractivity contribution in [3.05, 3.63) is 235 Å². The van der Waals surface area contributed by atoms with Gasteiger partial charge in [0.1, 0.15) is 11.2 Å². The fourth-order valence-corrected chi connectivity index (χ4v) is 9.87. The molecule has 0 bridgehead atoms. The van der Waals surface area contributed by atoms with Crippen LogP contribution in [0.2, 0.25) is 0 Å². The van der Waals surface area contributed by atoms with Gasteiger partial charge < -0.3 is 9.32 Å². The second-order valence-electron chi connectivity index (χ2n) is 15.2. The maximum absolute atomic E-state index is 6.44. The fraction of sp³-hybridized carbons (Fsp3) is 0.0182. The molecule has 1 heterocycles. The molecule has 0 saturated heterocycles. The Morgan fingerprint density at radius 2 is 0.842 bits per heavy atom. The molecule has 0 aliphatic heterocycles. The van der Waals surface area contributed by atoms with E-state index >= 15 is 0 Å². The molecule has 2 aliphatic rings. The lowest BCUT2D eigenvalue weighted by Gasteiger charge is -2.32. The molecule has 12 rings (SSSR count). The van der Waals surface area contributed by atoms with E-state index < -0.39 is 5.41 Å². The average molecular weight is 726 g/mol. The number of benzene rings is 9. The number of rotatable bonds is 5. The maximum Gasteiger partial charge on any atom is 0.143 e. The Balaban J connectivity index is 1.05. The minimum Gasteiger partial charge on any atom is -0.455 e. The number of hydrogen-bond donors (Lipinski definition) is 0. The first-order chi connectivity index (χ1) is 28.3. The van der Waals surface area contributed by atoms with Gasteiger partial charge in [-0.1, -0.05) is 164 Å². The quantitative estimate of drug-likeness (QED) is 0.176. The van der Waals surface area contributed by atoms with Crippen molar-refractivity contribution in [3.63, 3.8) is 0 Å². The Labute approximate surface area is 331 Å². The van der Waals surface area contributed by atoms with Crippen LogP contribution in [-0.2, 0) is 5.41 Å². The lowest BCUT2D eigenvalue weighted by Crippen LogP contribution is -2.26. The zero-order valence-electron chi connectivity index (χ0n) is 31.1. The standard InChI is InChI=1S/C55H35NO/c1-3-14-36(15-4-1)38-28-32-45-43-18-7-10-23-49(43)55(51(45)34-38)50-24-11-8-19-44(50)46-33-31-41(35-52(46)55)56(39-16-5-2-6-17-39)40-29-26-37(27-30-40)42-21-13-22-48-47-20-9-12-25-53(47)57-54(42)48/h1-35H. The predicted molar refractivity (Wildman–Crippen MR) is 236 cm³/mol. The summed E-state index contributed by atoms with van der Waals surface area (Å²) in [4.78, 5) is 2.39. The minimum atomic E-state index is -0.476. The third-order valence-corrected chi connectivity index (χ3v) is 12.3. The third-order valence-electron chi connectivity index (χ3n) is 12.3. The van der Waals surface area contributed by atoms with E-state index in [0.29, 0.717) is 0 Å². The van der Waals surface area contributed by atoms with Crippen LogP contribution in [0.4, 0.5) is 17.1 Å². The Bertz CT molecular complexity index is 3160. The summed E-state index contributed by atoms with van der Waals surface area (Å²) < 4.78 is 6.44. The van der Waals surface area contributed by atoms with Gasteiger partial charge in [-0.2, -0.15) is 0 Å². The van der Waals surface area contributed by atoms with Crippen molar-refractivity contribution < 1.29 is 4.42 Å². The highest BCUT2D eigenvalue weighted by atomic mass is 16.3. The average Bonchev–Trinajstić information content (AvgIpc) is 3.91. The Morgan fingerprint density at radius 1 is 0.316 bits per heavy atom. The van der Waals surface area contributed by atoms with Crippen LogP contribution in [0.15, 0.2) is 217 Å². The molecular formula is C55H35NO. The van der Waals surface area contributed by atoms with Crippen molar-refractivity contribution in [1.29, 1.82) is 0 Å². The summed E-state index contributed by atoms with van der Waals surface area (Å²) in [6, 6.07) is 77.5. The van der Waals surface area contributed by atoms with E-state index in [9.17, 15) is 0 Å². The number of fused-ring (bicyclic) bond motifs is 13. The normalized spacial score (nSPS) is 14.7. The summed E-state index contributed by atoms with van der Waals surface area (Å²) in [7, 11) is 0. The van der Waals surface area contributed by atoms with Crippen LogP contribution in [0.5, 0.6) is 0 Å². The van der Waals surface area contributed by atoms with Gasteiger partial charge in [-0.15, -0.1) is 0 Å². The SMILES string of the molecule is c1ccc(-c2ccc3c(c2)C2(c4ccccc4-3)c3ccccc3-c3ccc(N(c4ccccc4)c4ccc(-c5cccc6c5oc5ccccc56)cc4)cc32)cc1. The van der Waals surface area contributed by atoms with E-state index in [1.807, 2.05) is 12.1 Å². The maximum atomic E-state index is 6.44. The molecule has 0 N–H and O–H groups in total. The Kier molecular flexibility index (Phi) is 6.88. The molecule has 1 aromatic heterocycles. The summed E-state index contributed by atoms with van der Waals surface area (Å²) in [5.74, 6) is 0. The van der Waals surface area contributed by atoms with E-state index in [4.69, 9.17) is 4.42 Å². The van der Waals surface area contributed by atoms with Gasteiger partial charge in [0.25, 0.3) is 0 Å². The van der Waals surface area contributed by atoms with Crippen LogP contribution < -0.4 is 4.90 Å². The van der Waals surface area contributed by atoms with E-state index in [1.165, 1.54) is 55.6 Å². The number of nitrogens with zero attached hydrogens (tertiary/aromatic N) is 1. The van der Waals surface area contributed by atoms with E-state index in [0.717, 1.165) is 50.1 Å². The monoisotopic (exact) mass is 725 g/mol. The highest BCUT2D eigenvalue weighted by Gasteiger charge is 2.51. The molecule has 57 heavy (non-hydrogen) atoms. The number of furan rings is 1. The highest BCUT2D eigenvalue weighted by molar-refractivity contribution is 6.09. The zero-order chi connectivity index (χ0) is 37.5. The van der Waals surface area contributed by atoms with E-state index in [2.05, 4.69) is 205 Å². The molecule has 0 amide bonds. The largest absolute Gasteiger partial charge is 0.455 e. The zero-order valence-corrected chi connectivity index (χ0v) is 31.1. The topological polar surface area (TPSA) is 16.4 Å². The van der Waals surface area contributed by atoms with Crippen molar-refractivity contribution >= 4 is 39.0 Å². The van der Waals surface area contributed by atoms with Crippen LogP contribution in [0.3, 0.4) is 0 Å². The lowest BCUT2D eigenvalue weighted by molar-refractivity contribution is 0.670. The molecule has 266 valence electrons. The molecule has 1 spiro atoms. The molecule has 0 fully saturated rings. The van der Waals surface area contributed by atoms with Crippen molar-refractivity contribution in [2.45, 2.75) is 5.41 Å². The molecule has 1 atom stereocenters. The number of anilines is 3.